The summed E-state index contributed by atoms with van der Waals surface area (Å²) in [5.41, 5.74) is 6.25. The molecule has 0 aliphatic carbocycles. The molecule has 5 nitrogen and oxygen atoms in total. The minimum absolute atomic E-state index is 0.0757. The summed E-state index contributed by atoms with van der Waals surface area (Å²) in [5, 5.41) is 4.29. The van der Waals surface area contributed by atoms with Gasteiger partial charge in [-0.2, -0.15) is 0 Å². The van der Waals surface area contributed by atoms with Gasteiger partial charge in [-0.25, -0.2) is 4.39 Å². The number of nitrogens with zero attached hydrogens (tertiary/aromatic N) is 4. The molecular formula is C24H27FN4O. The Hall–Kier alpha value is -2.60. The summed E-state index contributed by atoms with van der Waals surface area (Å²) in [6.45, 7) is 5.30. The van der Waals surface area contributed by atoms with Crippen molar-refractivity contribution in [3.8, 4) is 0 Å². The third kappa shape index (κ3) is 2.88. The molecule has 4 aliphatic rings. The van der Waals surface area contributed by atoms with E-state index in [1.54, 1.807) is 12.1 Å². The zero-order valence-corrected chi connectivity index (χ0v) is 17.3. The number of benzene rings is 2. The third-order valence-corrected chi connectivity index (χ3v) is 7.25. The lowest BCUT2D eigenvalue weighted by atomic mass is 9.88. The van der Waals surface area contributed by atoms with Crippen LogP contribution in [-0.4, -0.2) is 62.5 Å². The molecule has 1 saturated heterocycles. The van der Waals surface area contributed by atoms with Gasteiger partial charge in [0, 0.05) is 58.2 Å². The van der Waals surface area contributed by atoms with Crippen molar-refractivity contribution in [3.63, 3.8) is 0 Å². The van der Waals surface area contributed by atoms with Gasteiger partial charge in [-0.3, -0.25) is 4.90 Å². The van der Waals surface area contributed by atoms with E-state index in [-0.39, 0.29) is 11.9 Å². The molecule has 2 aromatic rings. The Kier molecular flexibility index (Phi) is 4.23. The summed E-state index contributed by atoms with van der Waals surface area (Å²) in [6, 6.07) is 14.0. The average Bonchev–Trinajstić information content (AvgIpc) is 3.35. The molecule has 0 bridgehead atoms. The average molecular weight is 407 g/mol. The Labute approximate surface area is 176 Å². The number of likely N-dealkylation sites (tertiary alicyclic amines) is 1. The Morgan fingerprint density at radius 1 is 1.10 bits per heavy atom. The number of likely N-dealkylation sites (N-methyl/N-ethyl adjacent to an activating group) is 1. The molecule has 0 saturated carbocycles. The molecule has 4 heterocycles. The van der Waals surface area contributed by atoms with E-state index in [0.717, 1.165) is 50.4 Å². The first kappa shape index (κ1) is 18.2. The van der Waals surface area contributed by atoms with E-state index >= 15 is 0 Å². The van der Waals surface area contributed by atoms with Gasteiger partial charge in [0.25, 0.3) is 0 Å². The quantitative estimate of drug-likeness (QED) is 0.782. The van der Waals surface area contributed by atoms with Gasteiger partial charge < -0.3 is 14.6 Å². The summed E-state index contributed by atoms with van der Waals surface area (Å²) in [7, 11) is 2.21. The highest BCUT2D eigenvalue weighted by atomic mass is 19.1. The van der Waals surface area contributed by atoms with E-state index in [9.17, 15) is 4.39 Å². The molecule has 1 fully saturated rings. The number of hydrogen-bond acceptors (Lipinski definition) is 5. The normalized spacial score (nSPS) is 27.5. The molecule has 6 rings (SSSR count). The predicted octanol–water partition coefficient (Wildman–Crippen LogP) is 3.45. The number of hydrogen-bond donors (Lipinski definition) is 0. The highest BCUT2D eigenvalue weighted by molar-refractivity contribution is 6.01. The lowest BCUT2D eigenvalue weighted by Gasteiger charge is -2.42. The van der Waals surface area contributed by atoms with Crippen molar-refractivity contribution in [3.05, 3.63) is 59.4 Å². The molecule has 0 spiro atoms. The van der Waals surface area contributed by atoms with Crippen molar-refractivity contribution in [1.82, 2.24) is 4.90 Å². The van der Waals surface area contributed by atoms with Crippen LogP contribution in [0, 0.1) is 5.82 Å². The Bertz CT molecular complexity index is 991. The van der Waals surface area contributed by atoms with Crippen molar-refractivity contribution < 1.29 is 9.23 Å². The smallest absolute Gasteiger partial charge is 0.145 e. The van der Waals surface area contributed by atoms with E-state index in [2.05, 4.69) is 45.1 Å². The van der Waals surface area contributed by atoms with Gasteiger partial charge in [0.2, 0.25) is 0 Å². The molecule has 156 valence electrons. The second kappa shape index (κ2) is 6.98. The maximum atomic E-state index is 13.2. The van der Waals surface area contributed by atoms with Gasteiger partial charge in [0.1, 0.15) is 11.9 Å². The fourth-order valence-corrected chi connectivity index (χ4v) is 5.77. The first-order chi connectivity index (χ1) is 14.7. The van der Waals surface area contributed by atoms with E-state index < -0.39 is 0 Å². The number of rotatable bonds is 3. The lowest BCUT2D eigenvalue weighted by Crippen LogP contribution is -2.50. The van der Waals surface area contributed by atoms with E-state index in [4.69, 9.17) is 4.84 Å². The highest BCUT2D eigenvalue weighted by Gasteiger charge is 2.44. The summed E-state index contributed by atoms with van der Waals surface area (Å²) in [4.78, 5) is 13.4. The van der Waals surface area contributed by atoms with Crippen molar-refractivity contribution in [2.75, 3.05) is 49.6 Å². The number of para-hydroxylation sites is 1. The minimum Gasteiger partial charge on any atom is -0.390 e. The second-order valence-corrected chi connectivity index (χ2v) is 9.03. The number of anilines is 2. The Morgan fingerprint density at radius 2 is 1.97 bits per heavy atom. The van der Waals surface area contributed by atoms with Crippen LogP contribution < -0.4 is 9.80 Å². The van der Waals surface area contributed by atoms with Gasteiger partial charge in [-0.1, -0.05) is 29.4 Å². The fourth-order valence-electron chi connectivity index (χ4n) is 5.77. The van der Waals surface area contributed by atoms with Gasteiger partial charge in [-0.15, -0.1) is 0 Å². The van der Waals surface area contributed by atoms with Gasteiger partial charge in [0.05, 0.1) is 17.1 Å². The predicted molar refractivity (Wildman–Crippen MR) is 117 cm³/mol. The number of fused-ring (bicyclic) bond motifs is 3. The standard InChI is InChI=1S/C24H27FN4O/c1-27-11-12-29-22-9-10-28(15-20(22)19-3-2-4-23(27)24(19)29)14-18-13-21(26-30-18)16-5-7-17(25)8-6-16/h2-8,18,20,22H,9-15H2,1H3/t18?,20-,22-/m0/s1. The van der Waals surface area contributed by atoms with Crippen LogP contribution in [0.3, 0.4) is 0 Å². The first-order valence-electron chi connectivity index (χ1n) is 11.0. The third-order valence-electron chi connectivity index (χ3n) is 7.25. The molecule has 6 heteroatoms. The summed E-state index contributed by atoms with van der Waals surface area (Å²) in [6.07, 6.45) is 2.06. The largest absolute Gasteiger partial charge is 0.390 e. The fraction of sp³-hybridized carbons (Fsp3) is 0.458. The molecule has 0 radical (unpaired) electrons. The Morgan fingerprint density at radius 3 is 2.83 bits per heavy atom. The minimum atomic E-state index is -0.220. The van der Waals surface area contributed by atoms with E-state index in [1.165, 1.54) is 35.5 Å². The number of oxime groups is 1. The van der Waals surface area contributed by atoms with Crippen LogP contribution in [0.25, 0.3) is 0 Å². The molecule has 0 N–H and O–H groups in total. The molecule has 0 amide bonds. The van der Waals surface area contributed by atoms with Crippen LogP contribution in [0.4, 0.5) is 15.8 Å². The molecule has 1 unspecified atom stereocenters. The van der Waals surface area contributed by atoms with Crippen molar-refractivity contribution >= 4 is 17.1 Å². The Balaban J connectivity index is 1.15. The molecule has 2 aromatic carbocycles. The van der Waals surface area contributed by atoms with Crippen LogP contribution in [0.5, 0.6) is 0 Å². The molecule has 4 aliphatic heterocycles. The summed E-state index contributed by atoms with van der Waals surface area (Å²) >= 11 is 0. The zero-order chi connectivity index (χ0) is 20.2. The number of piperidine rings is 1. The van der Waals surface area contributed by atoms with Crippen molar-refractivity contribution in [2.24, 2.45) is 5.16 Å². The molecular weight excluding hydrogens is 379 g/mol. The summed E-state index contributed by atoms with van der Waals surface area (Å²) < 4.78 is 13.2. The summed E-state index contributed by atoms with van der Waals surface area (Å²) in [5.74, 6) is 0.348. The van der Waals surface area contributed by atoms with Crippen molar-refractivity contribution in [1.29, 1.82) is 0 Å². The molecule has 0 aromatic heterocycles. The maximum absolute atomic E-state index is 13.2. The lowest BCUT2D eigenvalue weighted by molar-refractivity contribution is 0.0429. The van der Waals surface area contributed by atoms with Gasteiger partial charge in [-0.05, 0) is 35.7 Å². The van der Waals surface area contributed by atoms with E-state index in [1.807, 2.05) is 0 Å². The maximum Gasteiger partial charge on any atom is 0.145 e. The number of halogens is 1. The van der Waals surface area contributed by atoms with Crippen LogP contribution >= 0.6 is 0 Å². The van der Waals surface area contributed by atoms with Crippen LogP contribution in [0.2, 0.25) is 0 Å². The monoisotopic (exact) mass is 406 g/mol. The first-order valence-corrected chi connectivity index (χ1v) is 11.0. The van der Waals surface area contributed by atoms with Crippen LogP contribution in [0.15, 0.2) is 47.6 Å². The topological polar surface area (TPSA) is 31.3 Å². The highest BCUT2D eigenvalue weighted by Crippen LogP contribution is 2.50. The zero-order valence-electron chi connectivity index (χ0n) is 17.3. The van der Waals surface area contributed by atoms with Crippen LogP contribution in [0.1, 0.15) is 29.9 Å². The second-order valence-electron chi connectivity index (χ2n) is 9.03. The molecule has 30 heavy (non-hydrogen) atoms. The van der Waals surface area contributed by atoms with Gasteiger partial charge >= 0.3 is 0 Å². The SMILES string of the molecule is CN1CCN2c3c(cccc31)[C@@H]1CN(CC3CC(c4ccc(F)cc4)=NO3)CC[C@@H]12. The van der Waals surface area contributed by atoms with Crippen LogP contribution in [-0.2, 0) is 4.84 Å². The van der Waals surface area contributed by atoms with Crippen molar-refractivity contribution in [2.45, 2.75) is 30.9 Å². The molecule has 3 atom stereocenters. The van der Waals surface area contributed by atoms with Gasteiger partial charge in [0.15, 0.2) is 0 Å². The van der Waals surface area contributed by atoms with E-state index in [0.29, 0.717) is 12.0 Å².